The Bertz CT molecular complexity index is 237. The van der Waals surface area contributed by atoms with Crippen LogP contribution in [0, 0.1) is 5.92 Å². The summed E-state index contributed by atoms with van der Waals surface area (Å²) in [5, 5.41) is 6.27. The van der Waals surface area contributed by atoms with E-state index in [4.69, 9.17) is 0 Å². The molecule has 0 aromatic heterocycles. The molecule has 2 atom stereocenters. The highest BCUT2D eigenvalue weighted by Gasteiger charge is 2.24. The highest BCUT2D eigenvalue weighted by molar-refractivity contribution is 5.81. The number of hydrogen-bond acceptors (Lipinski definition) is 3. The summed E-state index contributed by atoms with van der Waals surface area (Å²) in [5.41, 5.74) is 0. The molecule has 17 heavy (non-hydrogen) atoms. The molecule has 1 aliphatic heterocycles. The van der Waals surface area contributed by atoms with Crippen molar-refractivity contribution in [3.05, 3.63) is 0 Å². The number of nitrogens with one attached hydrogen (secondary N) is 2. The molecule has 0 aliphatic carbocycles. The van der Waals surface area contributed by atoms with E-state index in [9.17, 15) is 4.79 Å². The van der Waals surface area contributed by atoms with E-state index in [2.05, 4.69) is 29.5 Å². The average Bonchev–Trinajstić information content (AvgIpc) is 2.30. The Kier molecular flexibility index (Phi) is 5.92. The van der Waals surface area contributed by atoms with Crippen LogP contribution < -0.4 is 10.6 Å². The van der Waals surface area contributed by atoms with Crippen LogP contribution in [0.1, 0.15) is 33.6 Å². The lowest BCUT2D eigenvalue weighted by molar-refractivity contribution is -0.122. The molecule has 2 unspecified atom stereocenters. The lowest BCUT2D eigenvalue weighted by atomic mass is 9.90. The highest BCUT2D eigenvalue weighted by atomic mass is 16.2. The SMILES string of the molecule is CCNC(=O)C(C)NC(C)C1CCN(C)CC1. The van der Waals surface area contributed by atoms with Crippen molar-refractivity contribution in [1.29, 1.82) is 0 Å². The monoisotopic (exact) mass is 241 g/mol. The van der Waals surface area contributed by atoms with Crippen molar-refractivity contribution in [3.8, 4) is 0 Å². The first-order valence-corrected chi connectivity index (χ1v) is 6.77. The molecular formula is C13H27N3O. The number of likely N-dealkylation sites (N-methyl/N-ethyl adjacent to an activating group) is 1. The molecule has 0 radical (unpaired) electrons. The fraction of sp³-hybridized carbons (Fsp3) is 0.923. The zero-order valence-corrected chi connectivity index (χ0v) is 11.6. The molecule has 1 rings (SSSR count). The summed E-state index contributed by atoms with van der Waals surface area (Å²) < 4.78 is 0. The number of likely N-dealkylation sites (tertiary alicyclic amines) is 1. The van der Waals surface area contributed by atoms with Gasteiger partial charge in [0.1, 0.15) is 0 Å². The minimum absolute atomic E-state index is 0.0930. The number of carbonyl (C=O) groups excluding carboxylic acids is 1. The standard InChI is InChI=1S/C13H27N3O/c1-5-14-13(17)11(3)15-10(2)12-6-8-16(4)9-7-12/h10-12,15H,5-9H2,1-4H3,(H,14,17). The largest absolute Gasteiger partial charge is 0.355 e. The minimum atomic E-state index is -0.0930. The first-order valence-electron chi connectivity index (χ1n) is 6.77. The number of carbonyl (C=O) groups is 1. The quantitative estimate of drug-likeness (QED) is 0.749. The normalized spacial score (nSPS) is 22.1. The molecule has 0 bridgehead atoms. The molecule has 0 aromatic rings. The van der Waals surface area contributed by atoms with E-state index in [1.165, 1.54) is 25.9 Å². The zero-order chi connectivity index (χ0) is 12.8. The van der Waals surface area contributed by atoms with Gasteiger partial charge in [-0.05, 0) is 59.7 Å². The number of hydrogen-bond donors (Lipinski definition) is 2. The van der Waals surface area contributed by atoms with E-state index < -0.39 is 0 Å². The number of rotatable bonds is 5. The van der Waals surface area contributed by atoms with Gasteiger partial charge >= 0.3 is 0 Å². The Balaban J connectivity index is 2.32. The van der Waals surface area contributed by atoms with Gasteiger partial charge in [0.25, 0.3) is 0 Å². The Morgan fingerprint density at radius 3 is 2.47 bits per heavy atom. The van der Waals surface area contributed by atoms with E-state index in [1.54, 1.807) is 0 Å². The van der Waals surface area contributed by atoms with Gasteiger partial charge in [0.05, 0.1) is 6.04 Å². The molecule has 1 fully saturated rings. The second-order valence-corrected chi connectivity index (χ2v) is 5.21. The molecule has 4 nitrogen and oxygen atoms in total. The van der Waals surface area contributed by atoms with Crippen molar-refractivity contribution < 1.29 is 4.79 Å². The third kappa shape index (κ3) is 4.64. The maximum Gasteiger partial charge on any atom is 0.236 e. The van der Waals surface area contributed by atoms with Crippen molar-refractivity contribution in [2.45, 2.75) is 45.7 Å². The third-order valence-electron chi connectivity index (χ3n) is 3.73. The van der Waals surface area contributed by atoms with Crippen LogP contribution in [0.15, 0.2) is 0 Å². The van der Waals surface area contributed by atoms with Gasteiger partial charge in [-0.1, -0.05) is 0 Å². The molecule has 1 amide bonds. The lowest BCUT2D eigenvalue weighted by Gasteiger charge is -2.34. The zero-order valence-electron chi connectivity index (χ0n) is 11.6. The fourth-order valence-corrected chi connectivity index (χ4v) is 2.46. The van der Waals surface area contributed by atoms with Gasteiger partial charge in [-0.25, -0.2) is 0 Å². The average molecular weight is 241 g/mol. The van der Waals surface area contributed by atoms with Crippen LogP contribution in [-0.2, 0) is 4.79 Å². The van der Waals surface area contributed by atoms with Crippen LogP contribution in [-0.4, -0.2) is 49.6 Å². The summed E-state index contributed by atoms with van der Waals surface area (Å²) >= 11 is 0. The fourth-order valence-electron chi connectivity index (χ4n) is 2.46. The van der Waals surface area contributed by atoms with Crippen molar-refractivity contribution in [2.24, 2.45) is 5.92 Å². The van der Waals surface area contributed by atoms with E-state index in [0.717, 1.165) is 0 Å². The second-order valence-electron chi connectivity index (χ2n) is 5.21. The number of piperidine rings is 1. The molecule has 100 valence electrons. The molecule has 0 aromatic carbocycles. The summed E-state index contributed by atoms with van der Waals surface area (Å²) in [4.78, 5) is 14.0. The molecule has 2 N–H and O–H groups in total. The van der Waals surface area contributed by atoms with Gasteiger partial charge in [-0.15, -0.1) is 0 Å². The summed E-state index contributed by atoms with van der Waals surface area (Å²) in [5.74, 6) is 0.801. The van der Waals surface area contributed by atoms with Crippen LogP contribution in [0.4, 0.5) is 0 Å². The topological polar surface area (TPSA) is 44.4 Å². The molecule has 1 aliphatic rings. The molecule has 0 saturated carbocycles. The smallest absolute Gasteiger partial charge is 0.236 e. The van der Waals surface area contributed by atoms with Gasteiger partial charge in [-0.3, -0.25) is 4.79 Å². The van der Waals surface area contributed by atoms with Crippen molar-refractivity contribution in [3.63, 3.8) is 0 Å². The van der Waals surface area contributed by atoms with Crippen LogP contribution in [0.3, 0.4) is 0 Å². The summed E-state index contributed by atoms with van der Waals surface area (Å²) in [6, 6.07) is 0.325. The molecular weight excluding hydrogens is 214 g/mol. The van der Waals surface area contributed by atoms with E-state index >= 15 is 0 Å². The van der Waals surface area contributed by atoms with Crippen molar-refractivity contribution in [1.82, 2.24) is 15.5 Å². The number of nitrogens with zero attached hydrogens (tertiary/aromatic N) is 1. The van der Waals surface area contributed by atoms with Gasteiger partial charge in [0, 0.05) is 12.6 Å². The van der Waals surface area contributed by atoms with Gasteiger partial charge in [0.2, 0.25) is 5.91 Å². The van der Waals surface area contributed by atoms with Gasteiger partial charge in [-0.2, -0.15) is 0 Å². The molecule has 4 heteroatoms. The minimum Gasteiger partial charge on any atom is -0.355 e. The summed E-state index contributed by atoms with van der Waals surface area (Å²) in [6.07, 6.45) is 2.46. The maximum absolute atomic E-state index is 11.6. The first kappa shape index (κ1) is 14.5. The van der Waals surface area contributed by atoms with Crippen molar-refractivity contribution >= 4 is 5.91 Å². The van der Waals surface area contributed by atoms with E-state index in [0.29, 0.717) is 18.5 Å². The first-order chi connectivity index (χ1) is 8.04. The van der Waals surface area contributed by atoms with Crippen LogP contribution >= 0.6 is 0 Å². The lowest BCUT2D eigenvalue weighted by Crippen LogP contribution is -2.49. The van der Waals surface area contributed by atoms with Crippen LogP contribution in [0.25, 0.3) is 0 Å². The van der Waals surface area contributed by atoms with E-state index in [-0.39, 0.29) is 11.9 Å². The van der Waals surface area contributed by atoms with Gasteiger partial charge in [0.15, 0.2) is 0 Å². The van der Waals surface area contributed by atoms with Crippen molar-refractivity contribution in [2.75, 3.05) is 26.7 Å². The van der Waals surface area contributed by atoms with Crippen LogP contribution in [0.5, 0.6) is 0 Å². The molecule has 1 heterocycles. The Morgan fingerprint density at radius 2 is 1.94 bits per heavy atom. The Morgan fingerprint density at radius 1 is 1.35 bits per heavy atom. The van der Waals surface area contributed by atoms with E-state index in [1.807, 2.05) is 13.8 Å². The third-order valence-corrected chi connectivity index (χ3v) is 3.73. The molecule has 1 saturated heterocycles. The number of amides is 1. The Hall–Kier alpha value is -0.610. The predicted octanol–water partition coefficient (Wildman–Crippen LogP) is 0.831. The maximum atomic E-state index is 11.6. The Labute approximate surface area is 105 Å². The highest BCUT2D eigenvalue weighted by Crippen LogP contribution is 2.19. The molecule has 0 spiro atoms. The second kappa shape index (κ2) is 6.97. The van der Waals surface area contributed by atoms with Crippen LogP contribution in [0.2, 0.25) is 0 Å². The summed E-state index contributed by atoms with van der Waals surface area (Å²) in [6.45, 7) is 9.14. The van der Waals surface area contributed by atoms with Gasteiger partial charge < -0.3 is 15.5 Å². The summed E-state index contributed by atoms with van der Waals surface area (Å²) in [7, 11) is 2.17. The predicted molar refractivity (Wildman–Crippen MR) is 71.0 cm³/mol.